The first-order chi connectivity index (χ1) is 11.1. The summed E-state index contributed by atoms with van der Waals surface area (Å²) < 4.78 is 31.3. The Balaban J connectivity index is 1.97. The van der Waals surface area contributed by atoms with Crippen LogP contribution in [0.2, 0.25) is 0 Å². The lowest BCUT2D eigenvalue weighted by Gasteiger charge is -2.16. The van der Waals surface area contributed by atoms with Crippen molar-refractivity contribution in [3.63, 3.8) is 0 Å². The maximum Gasteiger partial charge on any atom is 0.335 e. The number of nitrogens with zero attached hydrogens (tertiary/aromatic N) is 3. The van der Waals surface area contributed by atoms with Crippen LogP contribution in [0.25, 0.3) is 16.9 Å². The van der Waals surface area contributed by atoms with Crippen LogP contribution < -0.4 is 4.74 Å². The van der Waals surface area contributed by atoms with E-state index < -0.39 is 11.2 Å². The third-order valence-electron chi connectivity index (χ3n) is 3.30. The Morgan fingerprint density at radius 3 is 2.33 bits per heavy atom. The fourth-order valence-electron chi connectivity index (χ4n) is 2.27. The van der Waals surface area contributed by atoms with E-state index in [1.807, 2.05) is 0 Å². The summed E-state index contributed by atoms with van der Waals surface area (Å²) in [5, 5.41) is -1.13. The van der Waals surface area contributed by atoms with Crippen molar-refractivity contribution in [1.29, 1.82) is 0 Å². The Labute approximate surface area is 141 Å². The van der Waals surface area contributed by atoms with Gasteiger partial charge in [0.05, 0.1) is 27.1 Å². The first-order valence-corrected chi connectivity index (χ1v) is 7.01. The Kier molecular flexibility index (Phi) is 3.90. The van der Waals surface area contributed by atoms with E-state index in [4.69, 9.17) is 15.7 Å². The van der Waals surface area contributed by atoms with Crippen molar-refractivity contribution in [3.8, 4) is 17.0 Å². The van der Waals surface area contributed by atoms with Crippen molar-refractivity contribution in [2.45, 2.75) is 18.1 Å². The van der Waals surface area contributed by atoms with E-state index in [0.717, 1.165) is 0 Å². The van der Waals surface area contributed by atoms with Crippen LogP contribution in [-0.4, -0.2) is 43.9 Å². The molecular formula is C15H10B3F2N3O. The van der Waals surface area contributed by atoms with E-state index in [9.17, 15) is 8.78 Å². The van der Waals surface area contributed by atoms with Gasteiger partial charge in [-0.05, 0) is 30.3 Å². The molecule has 0 fully saturated rings. The van der Waals surface area contributed by atoms with E-state index in [2.05, 4.69) is 22.6 Å². The first-order valence-electron chi connectivity index (χ1n) is 7.01. The molecule has 0 aliphatic heterocycles. The van der Waals surface area contributed by atoms with Gasteiger partial charge in [-0.1, -0.05) is 12.1 Å². The van der Waals surface area contributed by atoms with Crippen LogP contribution in [0.4, 0.5) is 8.78 Å². The van der Waals surface area contributed by atoms with E-state index in [-0.39, 0.29) is 5.75 Å². The number of fused-ring (bicyclic) bond motifs is 1. The topological polar surface area (TPSA) is 39.4 Å². The molecule has 0 saturated carbocycles. The predicted octanol–water partition coefficient (Wildman–Crippen LogP) is 2.00. The number of benzene rings is 1. The Hall–Kier alpha value is -2.31. The van der Waals surface area contributed by atoms with Gasteiger partial charge >= 0.3 is 6.01 Å². The molecule has 0 bridgehead atoms. The maximum absolute atomic E-state index is 12.6. The van der Waals surface area contributed by atoms with Crippen LogP contribution in [0.3, 0.4) is 0 Å². The second-order valence-corrected chi connectivity index (χ2v) is 5.61. The van der Waals surface area contributed by atoms with Crippen LogP contribution in [0.1, 0.15) is 12.6 Å². The fourth-order valence-corrected chi connectivity index (χ4v) is 2.27. The van der Waals surface area contributed by atoms with Gasteiger partial charge in [-0.2, -0.15) is 8.78 Å². The van der Waals surface area contributed by atoms with E-state index in [1.165, 1.54) is 12.1 Å². The molecule has 0 amide bonds. The number of hydrogen-bond donors (Lipinski definition) is 0. The van der Waals surface area contributed by atoms with Gasteiger partial charge < -0.3 is 4.74 Å². The van der Waals surface area contributed by atoms with Crippen molar-refractivity contribution < 1.29 is 13.5 Å². The zero-order chi connectivity index (χ0) is 17.5. The molecular weight excluding hydrogens is 309 g/mol. The highest BCUT2D eigenvalue weighted by atomic mass is 19.3. The van der Waals surface area contributed by atoms with Crippen molar-refractivity contribution in [3.05, 3.63) is 48.5 Å². The summed E-state index contributed by atoms with van der Waals surface area (Å²) in [6.45, 7) is 1.63. The molecule has 0 N–H and O–H groups in total. The molecule has 114 valence electrons. The van der Waals surface area contributed by atoms with Gasteiger partial charge in [-0.15, -0.1) is 0 Å². The molecule has 9 heteroatoms. The third kappa shape index (κ3) is 3.45. The lowest BCUT2D eigenvalue weighted by molar-refractivity contribution is -0.0972. The molecule has 0 spiro atoms. The van der Waals surface area contributed by atoms with Gasteiger partial charge in [-0.3, -0.25) is 4.40 Å². The van der Waals surface area contributed by atoms with E-state index in [1.54, 1.807) is 42.0 Å². The highest BCUT2D eigenvalue weighted by Gasteiger charge is 2.22. The van der Waals surface area contributed by atoms with Crippen molar-refractivity contribution in [2.24, 2.45) is 0 Å². The molecule has 24 heavy (non-hydrogen) atoms. The smallest absolute Gasteiger partial charge is 0.335 e. The molecule has 2 aromatic heterocycles. The van der Waals surface area contributed by atoms with Crippen molar-refractivity contribution in [2.75, 3.05) is 0 Å². The van der Waals surface area contributed by atoms with E-state index in [0.29, 0.717) is 22.6 Å². The molecule has 6 radical (unpaired) electrons. The Bertz CT molecular complexity index is 870. The summed E-state index contributed by atoms with van der Waals surface area (Å²) in [4.78, 5) is 8.69. The molecule has 0 aliphatic carbocycles. The van der Waals surface area contributed by atoms with Crippen LogP contribution in [0.5, 0.6) is 5.75 Å². The standard InChI is InChI=1S/C15H10B3F2N3O/c1-14(16,17)12-13-22-11(6-7-23(13)8-21-12)9-2-4-10(5-3-9)24-15(18,19)20/h2-8H,1H3. The summed E-state index contributed by atoms with van der Waals surface area (Å²) in [6, 6.07) is 4.00. The van der Waals surface area contributed by atoms with Crippen molar-refractivity contribution in [1.82, 2.24) is 14.4 Å². The number of ether oxygens (including phenoxy) is 1. The maximum atomic E-state index is 12.6. The summed E-state index contributed by atoms with van der Waals surface area (Å²) in [5.41, 5.74) is 2.29. The largest absolute Gasteiger partial charge is 0.441 e. The SMILES string of the molecule is [B]C(F)(F)Oc1ccc(-c2ccn3cnc(C([B])([B])C)c3n2)cc1. The zero-order valence-corrected chi connectivity index (χ0v) is 12.8. The second-order valence-electron chi connectivity index (χ2n) is 5.61. The highest BCUT2D eigenvalue weighted by molar-refractivity contribution is 6.40. The van der Waals surface area contributed by atoms with Crippen molar-refractivity contribution >= 4 is 29.2 Å². The number of halogens is 2. The summed E-state index contributed by atoms with van der Waals surface area (Å²) >= 11 is 0. The van der Waals surface area contributed by atoms with Gasteiger partial charge in [0.2, 0.25) is 7.85 Å². The minimum Gasteiger partial charge on any atom is -0.441 e. The molecule has 0 unspecified atom stereocenters. The van der Waals surface area contributed by atoms with Crippen LogP contribution in [0, 0.1) is 0 Å². The number of aromatic nitrogens is 3. The fraction of sp³-hybridized carbons (Fsp3) is 0.200. The van der Waals surface area contributed by atoms with Gasteiger partial charge in [-0.25, -0.2) is 9.97 Å². The average Bonchev–Trinajstić information content (AvgIpc) is 2.89. The van der Waals surface area contributed by atoms with Crippen LogP contribution in [-0.2, 0) is 5.21 Å². The molecule has 1 aromatic carbocycles. The van der Waals surface area contributed by atoms with Crippen LogP contribution in [0.15, 0.2) is 42.9 Å². The van der Waals surface area contributed by atoms with Gasteiger partial charge in [0.1, 0.15) is 12.1 Å². The lowest BCUT2D eigenvalue weighted by atomic mass is 9.54. The molecule has 0 saturated heterocycles. The minimum absolute atomic E-state index is 0.0474. The van der Waals surface area contributed by atoms with Gasteiger partial charge in [0.15, 0.2) is 5.65 Å². The normalized spacial score (nSPS) is 12.5. The molecule has 4 nitrogen and oxygen atoms in total. The summed E-state index contributed by atoms with van der Waals surface area (Å²) in [6.07, 6.45) is 3.33. The zero-order valence-electron chi connectivity index (χ0n) is 12.8. The van der Waals surface area contributed by atoms with Gasteiger partial charge in [0.25, 0.3) is 0 Å². The number of alkyl halides is 2. The number of imidazole rings is 1. The van der Waals surface area contributed by atoms with Gasteiger partial charge in [0, 0.05) is 11.8 Å². The minimum atomic E-state index is -3.72. The monoisotopic (exact) mass is 319 g/mol. The molecule has 3 aromatic rings. The molecule has 2 heterocycles. The molecule has 0 aliphatic rings. The quantitative estimate of drug-likeness (QED) is 0.691. The number of hydrogen-bond acceptors (Lipinski definition) is 3. The summed E-state index contributed by atoms with van der Waals surface area (Å²) in [7, 11) is 16.3. The predicted molar refractivity (Wildman–Crippen MR) is 88.6 cm³/mol. The average molecular weight is 319 g/mol. The Morgan fingerprint density at radius 1 is 1.08 bits per heavy atom. The lowest BCUT2D eigenvalue weighted by Crippen LogP contribution is -2.24. The molecule has 0 atom stereocenters. The second kappa shape index (κ2) is 5.65. The van der Waals surface area contributed by atoms with E-state index >= 15 is 0 Å². The number of rotatable bonds is 4. The highest BCUT2D eigenvalue weighted by Crippen LogP contribution is 2.26. The van der Waals surface area contributed by atoms with Crippen LogP contribution >= 0.6 is 0 Å². The third-order valence-corrected chi connectivity index (χ3v) is 3.30. The Morgan fingerprint density at radius 2 is 1.75 bits per heavy atom. The molecule has 3 rings (SSSR count). The first kappa shape index (κ1) is 16.5. The summed E-state index contributed by atoms with van der Waals surface area (Å²) in [5.74, 6) is -0.0474.